The third-order valence-corrected chi connectivity index (χ3v) is 5.27. The molecule has 1 aliphatic carbocycles. The molecule has 2 heteroatoms. The van der Waals surface area contributed by atoms with Crippen LogP contribution in [0.2, 0.25) is 0 Å². The van der Waals surface area contributed by atoms with Crippen LogP contribution >= 0.6 is 15.9 Å². The van der Waals surface area contributed by atoms with E-state index in [-0.39, 0.29) is 0 Å². The Bertz CT molecular complexity index is 433. The first-order valence-electron chi connectivity index (χ1n) is 7.96. The van der Waals surface area contributed by atoms with E-state index >= 15 is 0 Å². The monoisotopic (exact) mass is 337 g/mol. The van der Waals surface area contributed by atoms with Crippen molar-refractivity contribution in [2.75, 3.05) is 6.54 Å². The molecule has 112 valence electrons. The lowest BCUT2D eigenvalue weighted by atomic mass is 9.78. The lowest BCUT2D eigenvalue weighted by Gasteiger charge is -2.31. The zero-order valence-electron chi connectivity index (χ0n) is 13.1. The van der Waals surface area contributed by atoms with Crippen LogP contribution in [-0.4, -0.2) is 6.54 Å². The number of hydrogen-bond donors (Lipinski definition) is 1. The van der Waals surface area contributed by atoms with Gasteiger partial charge in [-0.3, -0.25) is 0 Å². The third kappa shape index (κ3) is 4.33. The van der Waals surface area contributed by atoms with Crippen LogP contribution in [0.5, 0.6) is 0 Å². The maximum absolute atomic E-state index is 3.72. The normalized spacial score (nSPS) is 17.9. The Morgan fingerprint density at radius 2 is 1.95 bits per heavy atom. The maximum atomic E-state index is 3.72. The summed E-state index contributed by atoms with van der Waals surface area (Å²) in [6, 6.07) is 6.63. The van der Waals surface area contributed by atoms with Gasteiger partial charge in [-0.1, -0.05) is 54.8 Å². The predicted octanol–water partition coefficient (Wildman–Crippen LogP) is 5.45. The fourth-order valence-corrected chi connectivity index (χ4v) is 4.34. The van der Waals surface area contributed by atoms with Crippen molar-refractivity contribution in [2.45, 2.75) is 59.4 Å². The van der Waals surface area contributed by atoms with Gasteiger partial charge in [0.1, 0.15) is 0 Å². The average Bonchev–Trinajstić information content (AvgIpc) is 2.80. The van der Waals surface area contributed by atoms with Gasteiger partial charge in [0.05, 0.1) is 0 Å². The summed E-state index contributed by atoms with van der Waals surface area (Å²) in [5.74, 6) is 0.806. The van der Waals surface area contributed by atoms with E-state index in [1.165, 1.54) is 54.2 Å². The molecule has 0 spiro atoms. The van der Waals surface area contributed by atoms with Crippen LogP contribution < -0.4 is 5.32 Å². The molecule has 1 aliphatic rings. The summed E-state index contributed by atoms with van der Waals surface area (Å²) in [4.78, 5) is 0. The van der Waals surface area contributed by atoms with Crippen LogP contribution in [0.1, 0.15) is 57.1 Å². The molecule has 0 saturated heterocycles. The lowest BCUT2D eigenvalue weighted by molar-refractivity contribution is 0.223. The summed E-state index contributed by atoms with van der Waals surface area (Å²) in [6.45, 7) is 9.00. The van der Waals surface area contributed by atoms with E-state index in [2.05, 4.69) is 60.2 Å². The second-order valence-electron chi connectivity index (χ2n) is 7.00. The fourth-order valence-electron chi connectivity index (χ4n) is 3.70. The van der Waals surface area contributed by atoms with Crippen molar-refractivity contribution in [3.05, 3.63) is 33.8 Å². The Kier molecular flexibility index (Phi) is 5.68. The van der Waals surface area contributed by atoms with E-state index in [4.69, 9.17) is 0 Å². The predicted molar refractivity (Wildman–Crippen MR) is 90.9 cm³/mol. The first kappa shape index (κ1) is 16.0. The summed E-state index contributed by atoms with van der Waals surface area (Å²) in [6.07, 6.45) is 7.03. The highest BCUT2D eigenvalue weighted by Crippen LogP contribution is 2.42. The molecule has 1 N–H and O–H groups in total. The summed E-state index contributed by atoms with van der Waals surface area (Å²) >= 11 is 3.67. The van der Waals surface area contributed by atoms with Crippen LogP contribution in [0.3, 0.4) is 0 Å². The molecule has 0 radical (unpaired) electrons. The summed E-state index contributed by atoms with van der Waals surface area (Å²) in [5, 5.41) is 3.72. The highest BCUT2D eigenvalue weighted by molar-refractivity contribution is 9.10. The topological polar surface area (TPSA) is 12.0 Å². The van der Waals surface area contributed by atoms with Gasteiger partial charge in [-0.25, -0.2) is 0 Å². The third-order valence-electron chi connectivity index (χ3n) is 4.53. The Morgan fingerprint density at radius 3 is 2.55 bits per heavy atom. The molecule has 1 aromatic carbocycles. The second-order valence-corrected chi connectivity index (χ2v) is 7.86. The first-order valence-corrected chi connectivity index (χ1v) is 8.76. The zero-order valence-corrected chi connectivity index (χ0v) is 14.7. The van der Waals surface area contributed by atoms with E-state index in [1.807, 2.05) is 0 Å². The molecule has 1 fully saturated rings. The smallest absolute Gasteiger partial charge is 0.0222 e. The molecule has 1 aromatic rings. The minimum absolute atomic E-state index is 0.561. The van der Waals surface area contributed by atoms with Crippen LogP contribution in [0.25, 0.3) is 0 Å². The maximum Gasteiger partial charge on any atom is 0.0222 e. The van der Waals surface area contributed by atoms with Crippen LogP contribution in [-0.2, 0) is 6.54 Å². The number of nitrogens with one attached hydrogen (secondary N) is 1. The quantitative estimate of drug-likeness (QED) is 0.727. The van der Waals surface area contributed by atoms with E-state index < -0.39 is 0 Å². The molecular formula is C18H28BrN. The van der Waals surface area contributed by atoms with Gasteiger partial charge in [0.2, 0.25) is 0 Å². The molecule has 1 nitrogen and oxygen atoms in total. The number of aryl methyl sites for hydroxylation is 1. The molecule has 2 rings (SSSR count). The number of hydrogen-bond acceptors (Lipinski definition) is 1. The summed E-state index contributed by atoms with van der Waals surface area (Å²) < 4.78 is 1.23. The average molecular weight is 338 g/mol. The molecule has 1 saturated carbocycles. The van der Waals surface area contributed by atoms with Gasteiger partial charge in [0.15, 0.2) is 0 Å². The Hall–Kier alpha value is -0.340. The summed E-state index contributed by atoms with van der Waals surface area (Å²) in [5.41, 5.74) is 3.24. The van der Waals surface area contributed by atoms with E-state index in [0.717, 1.165) is 12.5 Å². The molecule has 0 heterocycles. The first-order chi connectivity index (χ1) is 9.51. The van der Waals surface area contributed by atoms with Gasteiger partial charge in [-0.15, -0.1) is 0 Å². The standard InChI is InChI=1S/C18H28BrN/c1-14(2)11-18(8-4-5-9-18)13-20-12-16-7-6-15(3)10-17(16)19/h6-7,10,14,20H,4-5,8-9,11-13H2,1-3H3. The van der Waals surface area contributed by atoms with E-state index in [0.29, 0.717) is 5.41 Å². The van der Waals surface area contributed by atoms with Crippen LogP contribution in [0.15, 0.2) is 22.7 Å². The van der Waals surface area contributed by atoms with Crippen molar-refractivity contribution in [3.8, 4) is 0 Å². The highest BCUT2D eigenvalue weighted by Gasteiger charge is 2.33. The molecule has 0 aliphatic heterocycles. The van der Waals surface area contributed by atoms with Gasteiger partial charge >= 0.3 is 0 Å². The van der Waals surface area contributed by atoms with Crippen LogP contribution in [0, 0.1) is 18.3 Å². The van der Waals surface area contributed by atoms with Crippen molar-refractivity contribution < 1.29 is 0 Å². The van der Waals surface area contributed by atoms with Crippen molar-refractivity contribution in [3.63, 3.8) is 0 Å². The largest absolute Gasteiger partial charge is 0.312 e. The fraction of sp³-hybridized carbons (Fsp3) is 0.667. The number of benzene rings is 1. The molecule has 20 heavy (non-hydrogen) atoms. The highest BCUT2D eigenvalue weighted by atomic mass is 79.9. The van der Waals surface area contributed by atoms with Crippen molar-refractivity contribution >= 4 is 15.9 Å². The minimum atomic E-state index is 0.561. The molecule has 0 bridgehead atoms. The van der Waals surface area contributed by atoms with Crippen LogP contribution in [0.4, 0.5) is 0 Å². The number of rotatable bonds is 6. The minimum Gasteiger partial charge on any atom is -0.312 e. The van der Waals surface area contributed by atoms with E-state index in [1.54, 1.807) is 0 Å². The molecule has 0 atom stereocenters. The van der Waals surface area contributed by atoms with Crippen molar-refractivity contribution in [1.29, 1.82) is 0 Å². The number of halogens is 1. The zero-order chi connectivity index (χ0) is 14.6. The molecule has 0 unspecified atom stereocenters. The SMILES string of the molecule is Cc1ccc(CNCC2(CC(C)C)CCCC2)c(Br)c1. The van der Waals surface area contributed by atoms with Gasteiger partial charge < -0.3 is 5.32 Å². The molecule has 0 amide bonds. The second kappa shape index (κ2) is 7.09. The lowest BCUT2D eigenvalue weighted by Crippen LogP contribution is -2.33. The summed E-state index contributed by atoms with van der Waals surface area (Å²) in [7, 11) is 0. The molecule has 0 aromatic heterocycles. The molecular weight excluding hydrogens is 310 g/mol. The van der Waals surface area contributed by atoms with Gasteiger partial charge in [0, 0.05) is 17.6 Å². The van der Waals surface area contributed by atoms with Gasteiger partial charge in [0.25, 0.3) is 0 Å². The van der Waals surface area contributed by atoms with Gasteiger partial charge in [-0.2, -0.15) is 0 Å². The van der Waals surface area contributed by atoms with Crippen molar-refractivity contribution in [2.24, 2.45) is 11.3 Å². The van der Waals surface area contributed by atoms with Gasteiger partial charge in [-0.05, 0) is 54.7 Å². The Morgan fingerprint density at radius 1 is 1.25 bits per heavy atom. The van der Waals surface area contributed by atoms with E-state index in [9.17, 15) is 0 Å². The van der Waals surface area contributed by atoms with Crippen molar-refractivity contribution in [1.82, 2.24) is 5.32 Å². The Labute approximate surface area is 132 Å². The Balaban J connectivity index is 1.90.